The fourth-order valence-corrected chi connectivity index (χ4v) is 6.51. The van der Waals surface area contributed by atoms with Crippen LogP contribution in [0.1, 0.15) is 64.1 Å². The van der Waals surface area contributed by atoms with Crippen LogP contribution in [-0.4, -0.2) is 16.0 Å². The quantitative estimate of drug-likeness (QED) is 0.788. The molecule has 0 amide bonds. The summed E-state index contributed by atoms with van der Waals surface area (Å²) in [6.07, 6.45) is 8.61. The molecule has 1 aromatic rings. The highest BCUT2D eigenvalue weighted by Gasteiger charge is 2.62. The summed E-state index contributed by atoms with van der Waals surface area (Å²) in [5.41, 5.74) is 1.15. The zero-order chi connectivity index (χ0) is 14.0. The molecule has 4 bridgehead atoms. The number of hydrogen-bond donors (Lipinski definition) is 0. The third-order valence-corrected chi connectivity index (χ3v) is 6.07. The predicted molar refractivity (Wildman–Crippen MR) is 77.8 cm³/mol. The van der Waals surface area contributed by atoms with Gasteiger partial charge in [0.1, 0.15) is 0 Å². The Kier molecular flexibility index (Phi) is 2.62. The summed E-state index contributed by atoms with van der Waals surface area (Å²) in [6.45, 7) is 4.95. The van der Waals surface area contributed by atoms with Crippen molar-refractivity contribution in [2.45, 2.75) is 64.2 Å². The Hall–Kier alpha value is -0.570. The van der Waals surface area contributed by atoms with Crippen LogP contribution >= 0.6 is 11.6 Å². The number of aromatic nitrogens is 2. The number of rotatable bonds is 3. The number of halogens is 1. The van der Waals surface area contributed by atoms with Gasteiger partial charge in [-0.2, -0.15) is 4.98 Å². The lowest BCUT2D eigenvalue weighted by Gasteiger charge is -2.64. The zero-order valence-electron chi connectivity index (χ0n) is 12.4. The summed E-state index contributed by atoms with van der Waals surface area (Å²) >= 11 is 5.78. The first-order valence-electron chi connectivity index (χ1n) is 7.84. The van der Waals surface area contributed by atoms with Crippen LogP contribution in [0.4, 0.5) is 0 Å². The molecule has 20 heavy (non-hydrogen) atoms. The fraction of sp³-hybridized carbons (Fsp3) is 0.875. The van der Waals surface area contributed by atoms with Gasteiger partial charge in [-0.1, -0.05) is 19.0 Å². The molecule has 1 aromatic heterocycles. The van der Waals surface area contributed by atoms with E-state index in [0.29, 0.717) is 29.0 Å². The normalized spacial score (nSPS) is 46.0. The maximum absolute atomic E-state index is 5.78. The minimum atomic E-state index is 0.178. The standard InChI is InChI=1S/C16H23ClN2O/c1-14-5-11-6-15(2,8-14)10-16(7-11,9-14)13-18-12(3-4-17)20-19-13/h11H,3-10H2,1-2H3. The molecule has 2 atom stereocenters. The molecule has 0 radical (unpaired) electrons. The molecule has 0 saturated heterocycles. The molecule has 2 unspecified atom stereocenters. The molecule has 110 valence electrons. The molecular formula is C16H23ClN2O. The van der Waals surface area contributed by atoms with E-state index in [1.807, 2.05) is 0 Å². The highest BCUT2D eigenvalue weighted by atomic mass is 35.5. The van der Waals surface area contributed by atoms with Crippen molar-refractivity contribution in [2.75, 3.05) is 5.88 Å². The number of hydrogen-bond acceptors (Lipinski definition) is 3. The van der Waals surface area contributed by atoms with Gasteiger partial charge >= 0.3 is 0 Å². The van der Waals surface area contributed by atoms with Gasteiger partial charge in [0.2, 0.25) is 5.89 Å². The lowest BCUT2D eigenvalue weighted by atomic mass is 9.40. The van der Waals surface area contributed by atoms with Crippen molar-refractivity contribution in [1.29, 1.82) is 0 Å². The lowest BCUT2D eigenvalue weighted by Crippen LogP contribution is -2.57. The molecule has 3 nitrogen and oxygen atoms in total. The molecule has 4 fully saturated rings. The van der Waals surface area contributed by atoms with Crippen LogP contribution in [0.2, 0.25) is 0 Å². The summed E-state index contributed by atoms with van der Waals surface area (Å²) in [7, 11) is 0. The van der Waals surface area contributed by atoms with E-state index in [1.165, 1.54) is 38.5 Å². The van der Waals surface area contributed by atoms with E-state index in [-0.39, 0.29) is 5.41 Å². The van der Waals surface area contributed by atoms with Crippen LogP contribution in [0.15, 0.2) is 4.52 Å². The van der Waals surface area contributed by atoms with E-state index >= 15 is 0 Å². The Morgan fingerprint density at radius 3 is 2.45 bits per heavy atom. The Labute approximate surface area is 125 Å². The SMILES string of the molecule is CC12CC3CC(C)(C1)CC(c1noc(CCCl)n1)(C3)C2. The van der Waals surface area contributed by atoms with Gasteiger partial charge in [-0.3, -0.25) is 0 Å². The van der Waals surface area contributed by atoms with E-state index in [4.69, 9.17) is 16.1 Å². The molecule has 4 aliphatic carbocycles. The van der Waals surface area contributed by atoms with Crippen LogP contribution in [-0.2, 0) is 11.8 Å². The highest BCUT2D eigenvalue weighted by molar-refractivity contribution is 6.17. The number of nitrogens with zero attached hydrogens (tertiary/aromatic N) is 2. The second kappa shape index (κ2) is 4.00. The van der Waals surface area contributed by atoms with E-state index in [2.05, 4.69) is 24.0 Å². The van der Waals surface area contributed by atoms with E-state index in [1.54, 1.807) is 0 Å². The Morgan fingerprint density at radius 2 is 1.85 bits per heavy atom. The second-order valence-corrected chi connectivity index (χ2v) is 8.74. The van der Waals surface area contributed by atoms with Crippen molar-refractivity contribution in [2.24, 2.45) is 16.7 Å². The molecule has 4 aliphatic rings. The molecule has 4 heteroatoms. The van der Waals surface area contributed by atoms with Gasteiger partial charge in [0.05, 0.1) is 0 Å². The molecule has 4 saturated carbocycles. The van der Waals surface area contributed by atoms with Crippen molar-refractivity contribution < 1.29 is 4.52 Å². The first kappa shape index (κ1) is 13.1. The van der Waals surface area contributed by atoms with Crippen molar-refractivity contribution in [3.05, 3.63) is 11.7 Å². The summed E-state index contributed by atoms with van der Waals surface area (Å²) in [5.74, 6) is 3.09. The first-order valence-corrected chi connectivity index (χ1v) is 8.37. The van der Waals surface area contributed by atoms with E-state index in [9.17, 15) is 0 Å². The topological polar surface area (TPSA) is 38.9 Å². The van der Waals surface area contributed by atoms with E-state index in [0.717, 1.165) is 11.7 Å². The summed E-state index contributed by atoms with van der Waals surface area (Å²) in [6, 6.07) is 0. The average molecular weight is 295 g/mol. The zero-order valence-corrected chi connectivity index (χ0v) is 13.2. The molecule has 5 rings (SSSR count). The third-order valence-electron chi connectivity index (χ3n) is 5.88. The minimum Gasteiger partial charge on any atom is -0.339 e. The van der Waals surface area contributed by atoms with Crippen molar-refractivity contribution >= 4 is 11.6 Å². The maximum atomic E-state index is 5.78. The van der Waals surface area contributed by atoms with Gasteiger partial charge in [0, 0.05) is 17.7 Å². The van der Waals surface area contributed by atoms with Crippen LogP contribution in [0, 0.1) is 16.7 Å². The molecule has 0 aliphatic heterocycles. The summed E-state index contributed by atoms with van der Waals surface area (Å²) in [4.78, 5) is 4.69. The first-order chi connectivity index (χ1) is 9.44. The molecular weight excluding hydrogens is 272 g/mol. The number of alkyl halides is 1. The maximum Gasteiger partial charge on any atom is 0.227 e. The van der Waals surface area contributed by atoms with Gasteiger partial charge in [0.15, 0.2) is 5.82 Å². The van der Waals surface area contributed by atoms with Gasteiger partial charge < -0.3 is 4.52 Å². The molecule has 0 aromatic carbocycles. The number of aryl methyl sites for hydroxylation is 1. The Balaban J connectivity index is 1.72. The Bertz CT molecular complexity index is 522. The van der Waals surface area contributed by atoms with Gasteiger partial charge in [0.25, 0.3) is 0 Å². The molecule has 0 N–H and O–H groups in total. The van der Waals surface area contributed by atoms with Gasteiger partial charge in [-0.25, -0.2) is 0 Å². The van der Waals surface area contributed by atoms with Crippen molar-refractivity contribution in [3.8, 4) is 0 Å². The largest absolute Gasteiger partial charge is 0.339 e. The van der Waals surface area contributed by atoms with E-state index < -0.39 is 0 Å². The van der Waals surface area contributed by atoms with Gasteiger partial charge in [-0.05, 0) is 55.3 Å². The summed E-state index contributed by atoms with van der Waals surface area (Å²) < 4.78 is 5.41. The Morgan fingerprint density at radius 1 is 1.15 bits per heavy atom. The minimum absolute atomic E-state index is 0.178. The summed E-state index contributed by atoms with van der Waals surface area (Å²) in [5, 5.41) is 4.34. The monoisotopic (exact) mass is 294 g/mol. The van der Waals surface area contributed by atoms with Crippen molar-refractivity contribution in [1.82, 2.24) is 10.1 Å². The molecule has 0 spiro atoms. The molecule has 1 heterocycles. The fourth-order valence-electron chi connectivity index (χ4n) is 6.35. The lowest BCUT2D eigenvalue weighted by molar-refractivity contribution is -0.113. The van der Waals surface area contributed by atoms with Crippen molar-refractivity contribution in [3.63, 3.8) is 0 Å². The average Bonchev–Trinajstić information content (AvgIpc) is 2.73. The highest BCUT2D eigenvalue weighted by Crippen LogP contribution is 2.69. The van der Waals surface area contributed by atoms with Crippen LogP contribution in [0.3, 0.4) is 0 Å². The van der Waals surface area contributed by atoms with Crippen LogP contribution in [0.25, 0.3) is 0 Å². The third kappa shape index (κ3) is 1.85. The van der Waals surface area contributed by atoms with Gasteiger partial charge in [-0.15, -0.1) is 11.6 Å². The smallest absolute Gasteiger partial charge is 0.227 e. The van der Waals surface area contributed by atoms with Crippen LogP contribution in [0.5, 0.6) is 0 Å². The second-order valence-electron chi connectivity index (χ2n) is 8.36. The van der Waals surface area contributed by atoms with Crippen LogP contribution < -0.4 is 0 Å². The predicted octanol–water partition coefficient (Wildman–Crippen LogP) is 4.10.